The molecular weight excluding hydrogens is 380 g/mol. The molecule has 31 heavy (non-hydrogen) atoms. The third-order valence-electron chi connectivity index (χ3n) is 10.4. The molecule has 4 fully saturated rings. The Bertz CT molecular complexity index is 755. The van der Waals surface area contributed by atoms with Gasteiger partial charge in [0.1, 0.15) is 0 Å². The lowest BCUT2D eigenvalue weighted by Gasteiger charge is -2.44. The maximum atomic E-state index is 10.3. The molecule has 0 radical (unpaired) electrons. The zero-order valence-corrected chi connectivity index (χ0v) is 20.7. The number of aliphatic hydroxyl groups is 2. The van der Waals surface area contributed by atoms with Gasteiger partial charge in [-0.1, -0.05) is 56.7 Å². The van der Waals surface area contributed by atoms with Crippen LogP contribution in [-0.4, -0.2) is 22.4 Å². The normalized spacial score (nSPS) is 42.0. The van der Waals surface area contributed by atoms with E-state index in [0.29, 0.717) is 23.2 Å². The SMILES string of the molecule is C=C1CCC2C[C@]12[C@@H](/C=C1\CCC[C@]2(C)[C@@H]([C@H](C)/C=C/[C@H](C)C(C)(C)O)CC[C@@H]12)CO. The van der Waals surface area contributed by atoms with Crippen molar-refractivity contribution >= 4 is 0 Å². The first-order valence-corrected chi connectivity index (χ1v) is 12.9. The number of hydrogen-bond acceptors (Lipinski definition) is 2. The summed E-state index contributed by atoms with van der Waals surface area (Å²) < 4.78 is 0. The Kier molecular flexibility index (Phi) is 6.14. The van der Waals surface area contributed by atoms with E-state index in [1.165, 1.54) is 56.9 Å². The number of aliphatic hydroxyl groups excluding tert-OH is 1. The van der Waals surface area contributed by atoms with Crippen LogP contribution in [0, 0.1) is 46.3 Å². The lowest BCUT2D eigenvalue weighted by Crippen LogP contribution is -2.36. The molecule has 0 saturated heterocycles. The molecule has 174 valence electrons. The zero-order valence-electron chi connectivity index (χ0n) is 20.7. The van der Waals surface area contributed by atoms with E-state index < -0.39 is 5.60 Å². The van der Waals surface area contributed by atoms with Crippen molar-refractivity contribution in [3.05, 3.63) is 36.0 Å². The van der Waals surface area contributed by atoms with Gasteiger partial charge in [0.25, 0.3) is 0 Å². The number of rotatable bonds is 7. The van der Waals surface area contributed by atoms with Crippen molar-refractivity contribution in [2.75, 3.05) is 6.61 Å². The molecule has 8 atom stereocenters. The molecule has 0 aromatic heterocycles. The number of allylic oxidation sites excluding steroid dienone is 3. The third-order valence-corrected chi connectivity index (χ3v) is 10.4. The van der Waals surface area contributed by atoms with Crippen LogP contribution in [0.25, 0.3) is 0 Å². The van der Waals surface area contributed by atoms with Gasteiger partial charge in [-0.05, 0) is 94.3 Å². The van der Waals surface area contributed by atoms with E-state index in [4.69, 9.17) is 0 Å². The van der Waals surface area contributed by atoms with Crippen LogP contribution in [0.5, 0.6) is 0 Å². The van der Waals surface area contributed by atoms with Crippen LogP contribution in [0.3, 0.4) is 0 Å². The Hall–Kier alpha value is -0.860. The molecule has 2 heteroatoms. The van der Waals surface area contributed by atoms with Crippen molar-refractivity contribution in [1.29, 1.82) is 0 Å². The highest BCUT2D eigenvalue weighted by Crippen LogP contribution is 2.70. The second-order valence-electron chi connectivity index (χ2n) is 12.4. The second-order valence-corrected chi connectivity index (χ2v) is 12.4. The largest absolute Gasteiger partial charge is 0.396 e. The van der Waals surface area contributed by atoms with Gasteiger partial charge in [0.2, 0.25) is 0 Å². The highest BCUT2D eigenvalue weighted by atomic mass is 16.3. The first-order chi connectivity index (χ1) is 14.5. The number of fused-ring (bicyclic) bond motifs is 2. The Morgan fingerprint density at radius 2 is 1.90 bits per heavy atom. The Balaban J connectivity index is 1.52. The minimum absolute atomic E-state index is 0.164. The summed E-state index contributed by atoms with van der Waals surface area (Å²) in [6.45, 7) is 15.5. The lowest BCUT2D eigenvalue weighted by molar-refractivity contribution is 0.0436. The summed E-state index contributed by atoms with van der Waals surface area (Å²) in [6, 6.07) is 0. The van der Waals surface area contributed by atoms with Crippen molar-refractivity contribution in [3.8, 4) is 0 Å². The van der Waals surface area contributed by atoms with Crippen LogP contribution >= 0.6 is 0 Å². The van der Waals surface area contributed by atoms with Crippen LogP contribution in [0.1, 0.15) is 86.0 Å². The fourth-order valence-corrected chi connectivity index (χ4v) is 7.92. The first kappa shape index (κ1) is 23.3. The second kappa shape index (κ2) is 8.17. The van der Waals surface area contributed by atoms with Crippen LogP contribution in [0.4, 0.5) is 0 Å². The molecule has 1 unspecified atom stereocenters. The molecule has 0 spiro atoms. The van der Waals surface area contributed by atoms with Gasteiger partial charge >= 0.3 is 0 Å². The monoisotopic (exact) mass is 426 g/mol. The van der Waals surface area contributed by atoms with Crippen molar-refractivity contribution in [2.45, 2.75) is 91.6 Å². The average molecular weight is 427 g/mol. The topological polar surface area (TPSA) is 40.5 Å². The van der Waals surface area contributed by atoms with Crippen molar-refractivity contribution in [2.24, 2.45) is 46.3 Å². The summed E-state index contributed by atoms with van der Waals surface area (Å²) >= 11 is 0. The fourth-order valence-electron chi connectivity index (χ4n) is 7.92. The molecule has 2 N–H and O–H groups in total. The molecule has 4 aliphatic rings. The van der Waals surface area contributed by atoms with Gasteiger partial charge in [-0.3, -0.25) is 0 Å². The Morgan fingerprint density at radius 1 is 1.16 bits per heavy atom. The number of hydrogen-bond donors (Lipinski definition) is 2. The highest BCUT2D eigenvalue weighted by molar-refractivity contribution is 5.34. The van der Waals surface area contributed by atoms with E-state index >= 15 is 0 Å². The van der Waals surface area contributed by atoms with Gasteiger partial charge in [-0.2, -0.15) is 0 Å². The van der Waals surface area contributed by atoms with Crippen molar-refractivity contribution < 1.29 is 10.2 Å². The third kappa shape index (κ3) is 3.90. The Morgan fingerprint density at radius 3 is 2.48 bits per heavy atom. The molecule has 4 saturated carbocycles. The van der Waals surface area contributed by atoms with E-state index in [2.05, 4.69) is 45.6 Å². The summed E-state index contributed by atoms with van der Waals surface area (Å²) in [6.07, 6.45) is 17.3. The summed E-state index contributed by atoms with van der Waals surface area (Å²) in [5.74, 6) is 3.14. The fraction of sp³-hybridized carbons (Fsp3) is 0.793. The molecule has 0 aliphatic heterocycles. The minimum Gasteiger partial charge on any atom is -0.396 e. The predicted octanol–water partition coefficient (Wildman–Crippen LogP) is 6.69. The Labute approximate surface area is 190 Å². The molecule has 0 aromatic carbocycles. The van der Waals surface area contributed by atoms with Crippen LogP contribution < -0.4 is 0 Å². The van der Waals surface area contributed by atoms with E-state index in [9.17, 15) is 10.2 Å². The lowest BCUT2D eigenvalue weighted by atomic mass is 9.60. The molecular formula is C29H46O2. The van der Waals surface area contributed by atoms with Crippen LogP contribution in [0.15, 0.2) is 36.0 Å². The maximum absolute atomic E-state index is 10.3. The van der Waals surface area contributed by atoms with Crippen LogP contribution in [0.2, 0.25) is 0 Å². The van der Waals surface area contributed by atoms with Gasteiger partial charge in [-0.25, -0.2) is 0 Å². The predicted molar refractivity (Wildman–Crippen MR) is 130 cm³/mol. The average Bonchev–Trinajstić information content (AvgIpc) is 3.21. The summed E-state index contributed by atoms with van der Waals surface area (Å²) in [5.41, 5.74) is 2.99. The quantitative estimate of drug-likeness (QED) is 0.445. The van der Waals surface area contributed by atoms with Crippen molar-refractivity contribution in [3.63, 3.8) is 0 Å². The molecule has 0 amide bonds. The van der Waals surface area contributed by atoms with Gasteiger partial charge in [0, 0.05) is 17.3 Å². The molecule has 4 aliphatic carbocycles. The molecule has 0 bridgehead atoms. The molecule has 2 nitrogen and oxygen atoms in total. The van der Waals surface area contributed by atoms with Gasteiger partial charge in [0.05, 0.1) is 12.2 Å². The van der Waals surface area contributed by atoms with Gasteiger partial charge in [-0.15, -0.1) is 0 Å². The summed E-state index contributed by atoms with van der Waals surface area (Å²) in [7, 11) is 0. The van der Waals surface area contributed by atoms with Crippen LogP contribution in [-0.2, 0) is 0 Å². The van der Waals surface area contributed by atoms with Gasteiger partial charge < -0.3 is 10.2 Å². The van der Waals surface area contributed by atoms with E-state index in [1.807, 2.05) is 13.8 Å². The highest BCUT2D eigenvalue weighted by Gasteiger charge is 2.62. The molecule has 4 rings (SSSR count). The smallest absolute Gasteiger partial charge is 0.0651 e. The summed E-state index contributed by atoms with van der Waals surface area (Å²) in [5, 5.41) is 20.6. The zero-order chi connectivity index (χ0) is 22.6. The van der Waals surface area contributed by atoms with E-state index in [1.54, 1.807) is 5.57 Å². The van der Waals surface area contributed by atoms with Crippen molar-refractivity contribution in [1.82, 2.24) is 0 Å². The van der Waals surface area contributed by atoms with E-state index in [0.717, 1.165) is 5.92 Å². The summed E-state index contributed by atoms with van der Waals surface area (Å²) in [4.78, 5) is 0. The first-order valence-electron chi connectivity index (χ1n) is 12.9. The molecule has 0 heterocycles. The standard InChI is InChI=1S/C29H46O2/c1-19(9-10-20(2)27(4,5)31)25-13-14-26-22(8-7-15-28(25,26)6)16-24(18-30)29-17-23(29)12-11-21(29)3/h9-10,16,19-20,23-26,30-31H,3,7-8,11-15,17-18H2,1-2,4-6H3/b10-9+,22-16+/t19-,20+,23?,24+,25-,26+,28-,29+/m1/s1. The maximum Gasteiger partial charge on any atom is 0.0651 e. The molecule has 0 aromatic rings. The van der Waals surface area contributed by atoms with Gasteiger partial charge in [0.15, 0.2) is 0 Å². The van der Waals surface area contributed by atoms with E-state index in [-0.39, 0.29) is 23.9 Å². The minimum atomic E-state index is -0.664.